The Hall–Kier alpha value is -15.6. The van der Waals surface area contributed by atoms with Crippen LogP contribution in [0.2, 0.25) is 0 Å². The number of amides is 9. The number of pyridine rings is 12. The van der Waals surface area contributed by atoms with Gasteiger partial charge in [-0.3, -0.25) is 133 Å². The SMILES string of the molecule is C/C(=C\C(=O)N(O)CCCC1NC(=O)CNC(=O)C(CO)NC(=O)C(CO)NC(=O)C(CCCN(O)C(=O)/C=C(\C)CC(=O)O)NC(=O)C(CCCN(O)C(=O)/C=C(\C)CC(=O)O)NC1=O)CC(=O)O.[Os].[Os].[Os].c1ccc(-c2ccccn2)nc1.c1ccc(-c2ccccn2)nc1.c1ccc(-c2ccccn2)nc1.c1ccc(-c2ccccn2)nc1.c1ccc(-c2ccccn2)nc1.c1ccc(-c2ccccn2)nc1. The van der Waals surface area contributed by atoms with Crippen LogP contribution in [0.1, 0.15) is 78.6 Å². The molecule has 145 heavy (non-hydrogen) atoms. The van der Waals surface area contributed by atoms with Crippen molar-refractivity contribution in [2.24, 2.45) is 0 Å². The summed E-state index contributed by atoms with van der Waals surface area (Å²) < 4.78 is 0. The van der Waals surface area contributed by atoms with Crippen LogP contribution in [0.5, 0.6) is 0 Å². The number of nitrogens with zero attached hydrogens (tertiary/aromatic N) is 15. The molecule has 0 radical (unpaired) electrons. The van der Waals surface area contributed by atoms with E-state index < -0.39 is 179 Å². The Morgan fingerprint density at radius 2 is 0.455 bits per heavy atom. The molecule has 0 aliphatic carbocycles. The Balaban J connectivity index is 0.000000450. The maximum Gasteiger partial charge on any atom is 0.307 e. The minimum atomic E-state index is -1.86. The molecule has 5 atom stereocenters. The molecule has 13 rings (SSSR count). The first-order chi connectivity index (χ1) is 68.6. The summed E-state index contributed by atoms with van der Waals surface area (Å²) in [5.74, 6) is -13.8. The van der Waals surface area contributed by atoms with Gasteiger partial charge >= 0.3 is 17.9 Å². The van der Waals surface area contributed by atoms with Crippen LogP contribution in [0.25, 0.3) is 68.3 Å². The molecule has 44 heteroatoms. The van der Waals surface area contributed by atoms with Crippen LogP contribution >= 0.6 is 0 Å². The van der Waals surface area contributed by atoms with Gasteiger partial charge in [-0.25, -0.2) is 15.2 Å². The summed E-state index contributed by atoms with van der Waals surface area (Å²) in [6.45, 7) is -0.721. The molecule has 12 aromatic rings. The van der Waals surface area contributed by atoms with Crippen molar-refractivity contribution in [3.63, 3.8) is 0 Å². The molecular formula is C101H109N21O20Os3. The van der Waals surface area contributed by atoms with E-state index in [1.54, 1.807) is 74.4 Å². The van der Waals surface area contributed by atoms with E-state index in [4.69, 9.17) is 15.3 Å². The van der Waals surface area contributed by atoms with Crippen LogP contribution < -0.4 is 31.9 Å². The molecule has 0 spiro atoms. The number of carbonyl (C=O) groups excluding carboxylic acids is 9. The first kappa shape index (κ1) is 122. The van der Waals surface area contributed by atoms with Crippen molar-refractivity contribution in [2.45, 2.75) is 109 Å². The maximum atomic E-state index is 14.1. The van der Waals surface area contributed by atoms with Gasteiger partial charge in [-0.1, -0.05) is 89.5 Å². The molecule has 0 bridgehead atoms. The third kappa shape index (κ3) is 47.7. The van der Waals surface area contributed by atoms with Crippen LogP contribution in [-0.4, -0.2) is 257 Å². The molecule has 1 aliphatic rings. The van der Waals surface area contributed by atoms with Crippen LogP contribution in [0.15, 0.2) is 328 Å². The Bertz CT molecular complexity index is 5200. The van der Waals surface area contributed by atoms with Gasteiger partial charge in [-0.2, -0.15) is 0 Å². The second kappa shape index (κ2) is 69.3. The van der Waals surface area contributed by atoms with Crippen LogP contribution in [0.3, 0.4) is 0 Å². The van der Waals surface area contributed by atoms with E-state index in [0.29, 0.717) is 0 Å². The number of rotatable bonds is 29. The predicted octanol–water partition coefficient (Wildman–Crippen LogP) is 8.64. The van der Waals surface area contributed by atoms with Crippen molar-refractivity contribution in [1.29, 1.82) is 0 Å². The average molecular weight is 2510 g/mol. The topological polar surface area (TPSA) is 603 Å². The van der Waals surface area contributed by atoms with Crippen molar-refractivity contribution in [3.05, 3.63) is 328 Å². The molecule has 12 aromatic heterocycles. The normalized spacial score (nSPS) is 14.6. The molecule has 9 amide bonds. The quantitative estimate of drug-likeness (QED) is 0.0118. The number of aromatic nitrogens is 12. The maximum absolute atomic E-state index is 14.1. The van der Waals surface area contributed by atoms with Gasteiger partial charge in [-0.15, -0.1) is 0 Å². The molecule has 0 aromatic carbocycles. The molecule has 1 fully saturated rings. The summed E-state index contributed by atoms with van der Waals surface area (Å²) in [7, 11) is 0. The van der Waals surface area contributed by atoms with E-state index in [0.717, 1.165) is 86.6 Å². The Morgan fingerprint density at radius 1 is 0.283 bits per heavy atom. The minimum Gasteiger partial charge on any atom is -0.481 e. The fourth-order valence-electron chi connectivity index (χ4n) is 12.4. The molecule has 0 saturated carbocycles. The molecule has 762 valence electrons. The average Bonchev–Trinajstić information content (AvgIpc) is 0.831. The number of hydroxylamine groups is 6. The number of carboxylic acids is 3. The summed E-state index contributed by atoms with van der Waals surface area (Å²) >= 11 is 0. The van der Waals surface area contributed by atoms with E-state index in [9.17, 15) is 83.4 Å². The van der Waals surface area contributed by atoms with Crippen molar-refractivity contribution in [3.8, 4) is 68.3 Å². The van der Waals surface area contributed by atoms with Gasteiger partial charge in [0.05, 0.1) is 107 Å². The third-order valence-electron chi connectivity index (χ3n) is 19.3. The minimum absolute atomic E-state index is 0. The predicted molar refractivity (Wildman–Crippen MR) is 518 cm³/mol. The fourth-order valence-corrected chi connectivity index (χ4v) is 12.4. The van der Waals surface area contributed by atoms with Crippen molar-refractivity contribution < 1.29 is 158 Å². The summed E-state index contributed by atoms with van der Waals surface area (Å²) in [6.07, 6.45) is 19.9. The number of nitrogens with one attached hydrogen (secondary N) is 6. The van der Waals surface area contributed by atoms with E-state index in [1.165, 1.54) is 20.8 Å². The summed E-state index contributed by atoms with van der Waals surface area (Å²) in [5.41, 5.74) is 11.2. The summed E-state index contributed by atoms with van der Waals surface area (Å²) in [4.78, 5) is 202. The van der Waals surface area contributed by atoms with Gasteiger partial charge in [0.1, 0.15) is 30.2 Å². The summed E-state index contributed by atoms with van der Waals surface area (Å²) in [6, 6.07) is 60.8. The van der Waals surface area contributed by atoms with Crippen molar-refractivity contribution in [2.75, 3.05) is 39.4 Å². The number of aliphatic hydroxyl groups is 2. The number of hydrogen-bond donors (Lipinski definition) is 14. The molecule has 13 heterocycles. The third-order valence-corrected chi connectivity index (χ3v) is 19.3. The van der Waals surface area contributed by atoms with E-state index in [2.05, 4.69) is 91.7 Å². The van der Waals surface area contributed by atoms with Gasteiger partial charge in [-0.05, 0) is 205 Å². The Morgan fingerprint density at radius 3 is 0.628 bits per heavy atom. The Kier molecular flexibility index (Phi) is 58.1. The monoisotopic (exact) mass is 2510 g/mol. The molecule has 41 nitrogen and oxygen atoms in total. The first-order valence-corrected chi connectivity index (χ1v) is 44.2. The van der Waals surface area contributed by atoms with Crippen LogP contribution in [0, 0.1) is 0 Å². The standard InChI is InChI=1S/C41H61N9O20.6C10H8N2.3Os/c1-22(16-34(57)58)13-31(54)48(68)10-4-7-25-38(64)44-26(8-5-11-49(69)32(55)14-23(2)17-35(59)60)39(65)45-27(9-6-12-50(70)33(56)15-24(3)18-36(61)62)40(66)47-29(21-52)41(67)46-28(20-51)37(63)42-19-30(53)43-25;6*1-3-7-11-9(5-1)10-6-2-4-8-12-10;;;/h13-15,25-29,51-52,68-70H,4-12,16-21H2,1-3H3,(H,42,63)(H,43,53)(H,44,64)(H,45,65)(H,46,67)(H,47,66)(H,57,58)(H,59,60)(H,61,62);6*1-8H;;;/b22-13+,23-14+,24-15+;;;;;;;;;. The van der Waals surface area contributed by atoms with Crippen LogP contribution in [-0.2, 0) is 117 Å². The molecule has 1 saturated heterocycles. The van der Waals surface area contributed by atoms with Crippen molar-refractivity contribution >= 4 is 71.1 Å². The summed E-state index contributed by atoms with van der Waals surface area (Å²) in [5, 5.41) is 91.9. The van der Waals surface area contributed by atoms with Gasteiger partial charge in [0.2, 0.25) is 35.4 Å². The van der Waals surface area contributed by atoms with Gasteiger partial charge in [0.15, 0.2) is 0 Å². The molecular weight excluding hydrogens is 2400 g/mol. The molecule has 5 unspecified atom stereocenters. The fraction of sp³-hybridized carbons (Fsp3) is 0.228. The van der Waals surface area contributed by atoms with E-state index in [1.807, 2.05) is 218 Å². The second-order valence-electron chi connectivity index (χ2n) is 30.5. The van der Waals surface area contributed by atoms with Gasteiger partial charge < -0.3 is 57.4 Å². The zero-order valence-electron chi connectivity index (χ0n) is 78.7. The van der Waals surface area contributed by atoms with Gasteiger partial charge in [0, 0.05) is 172 Å². The van der Waals surface area contributed by atoms with Gasteiger partial charge in [0.25, 0.3) is 17.7 Å². The van der Waals surface area contributed by atoms with E-state index in [-0.39, 0.29) is 111 Å². The zero-order valence-corrected chi connectivity index (χ0v) is 86.3. The number of aliphatic carboxylic acids is 3. The van der Waals surface area contributed by atoms with Crippen molar-refractivity contribution in [1.82, 2.24) is 107 Å². The number of hydrogen-bond acceptors (Lipinski definition) is 29. The smallest absolute Gasteiger partial charge is 0.307 e. The molecule has 1 aliphatic heterocycles. The second-order valence-corrected chi connectivity index (χ2v) is 30.5. The number of aliphatic hydroxyl groups excluding tert-OH is 2. The largest absolute Gasteiger partial charge is 0.481 e. The number of carbonyl (C=O) groups is 12. The first-order valence-electron chi connectivity index (χ1n) is 44.2. The zero-order chi connectivity index (χ0) is 103. The van der Waals surface area contributed by atoms with E-state index >= 15 is 0 Å². The molecule has 14 N–H and O–H groups in total. The Labute approximate surface area is 874 Å². The number of carboxylic acid groups (broad SMARTS) is 3. The van der Waals surface area contributed by atoms with Crippen LogP contribution in [0.4, 0.5) is 0 Å².